The highest BCUT2D eigenvalue weighted by Gasteiger charge is 2.46. The summed E-state index contributed by atoms with van der Waals surface area (Å²) in [7, 11) is -5.31. The van der Waals surface area contributed by atoms with Gasteiger partial charge in [0.25, 0.3) is 0 Å². The third-order valence-corrected chi connectivity index (χ3v) is 13.7. The van der Waals surface area contributed by atoms with Crippen LogP contribution in [0.3, 0.4) is 0 Å². The van der Waals surface area contributed by atoms with Crippen LogP contribution in [0.5, 0.6) is 0 Å². The Morgan fingerprint density at radius 1 is 0.724 bits per heavy atom. The molecule has 0 unspecified atom stereocenters. The Morgan fingerprint density at radius 3 is 1.48 bits per heavy atom. The molecule has 0 saturated heterocycles. The molecule has 3 aromatic carbocycles. The molecule has 1 atom stereocenters. The molecule has 0 aliphatic rings. The van der Waals surface area contributed by atoms with Crippen molar-refractivity contribution in [1.29, 1.82) is 0 Å². The third kappa shape index (κ3) is 4.48. The molecular formula is C25H31O2PSi. The maximum Gasteiger partial charge on any atom is 0.193 e. The lowest BCUT2D eigenvalue weighted by molar-refractivity contribution is 0.254. The van der Waals surface area contributed by atoms with Crippen molar-refractivity contribution in [1.82, 2.24) is 0 Å². The monoisotopic (exact) mass is 422 g/mol. The molecule has 0 radical (unpaired) electrons. The molecule has 4 heteroatoms. The van der Waals surface area contributed by atoms with Gasteiger partial charge in [-0.2, -0.15) is 0 Å². The Kier molecular flexibility index (Phi) is 6.33. The van der Waals surface area contributed by atoms with Gasteiger partial charge in [0, 0.05) is 10.6 Å². The highest BCUT2D eigenvalue weighted by Crippen LogP contribution is 2.59. The molecular weight excluding hydrogens is 391 g/mol. The lowest BCUT2D eigenvalue weighted by atomic mass is 10.2. The van der Waals surface area contributed by atoms with Crippen molar-refractivity contribution in [2.45, 2.75) is 44.7 Å². The van der Waals surface area contributed by atoms with E-state index in [1.807, 2.05) is 91.0 Å². The average Bonchev–Trinajstić information content (AvgIpc) is 2.72. The molecule has 2 nitrogen and oxygen atoms in total. The van der Waals surface area contributed by atoms with Crippen molar-refractivity contribution in [2.24, 2.45) is 0 Å². The Labute approximate surface area is 176 Å². The minimum atomic E-state index is -3.11. The van der Waals surface area contributed by atoms with Gasteiger partial charge in [-0.3, -0.25) is 0 Å². The molecule has 0 heterocycles. The van der Waals surface area contributed by atoms with Gasteiger partial charge in [0.15, 0.2) is 15.5 Å². The maximum absolute atomic E-state index is 15.0. The minimum absolute atomic E-state index is 0.0121. The Hall–Kier alpha value is -1.93. The third-order valence-electron chi connectivity index (χ3n) is 5.91. The van der Waals surface area contributed by atoms with Crippen LogP contribution in [-0.4, -0.2) is 8.32 Å². The Bertz CT molecular complexity index is 920. The minimum Gasteiger partial charge on any atom is -0.402 e. The van der Waals surface area contributed by atoms with E-state index in [0.29, 0.717) is 0 Å². The van der Waals surface area contributed by atoms with Crippen LogP contribution in [0, 0.1) is 0 Å². The number of benzene rings is 3. The predicted molar refractivity (Wildman–Crippen MR) is 127 cm³/mol. The molecule has 0 aliphatic heterocycles. The molecule has 0 fully saturated rings. The zero-order chi connectivity index (χ0) is 21.1. The van der Waals surface area contributed by atoms with Gasteiger partial charge in [0.1, 0.15) is 5.85 Å². The highest BCUT2D eigenvalue weighted by atomic mass is 31.2. The lowest BCUT2D eigenvalue weighted by Gasteiger charge is -2.41. The largest absolute Gasteiger partial charge is 0.402 e. The summed E-state index contributed by atoms with van der Waals surface area (Å²) in [6.07, 6.45) is 0. The Balaban J connectivity index is 2.26. The maximum atomic E-state index is 15.0. The molecule has 0 aromatic heterocycles. The van der Waals surface area contributed by atoms with Gasteiger partial charge in [-0.05, 0) is 23.7 Å². The second-order valence-electron chi connectivity index (χ2n) is 8.97. The van der Waals surface area contributed by atoms with E-state index in [-0.39, 0.29) is 5.04 Å². The standard InChI is InChI=1S/C25H31O2PSi/c1-25(2,3)29(4,5)27-24(21-15-9-6-10-16-21)28(26,22-17-11-7-12-18-22)23-19-13-8-14-20-23/h6-20,24H,1-5H3/t24-/m0/s1. The molecule has 0 N–H and O–H groups in total. The average molecular weight is 423 g/mol. The van der Waals surface area contributed by atoms with Gasteiger partial charge in [-0.1, -0.05) is 112 Å². The van der Waals surface area contributed by atoms with Crippen LogP contribution in [0.15, 0.2) is 91.0 Å². The summed E-state index contributed by atoms with van der Waals surface area (Å²) in [6, 6.07) is 29.7. The fourth-order valence-corrected chi connectivity index (χ4v) is 8.24. The van der Waals surface area contributed by atoms with Gasteiger partial charge in [-0.25, -0.2) is 0 Å². The second-order valence-corrected chi connectivity index (χ2v) is 16.5. The first kappa shape index (κ1) is 21.8. The zero-order valence-electron chi connectivity index (χ0n) is 18.0. The molecule has 0 amide bonds. The number of hydrogen-bond donors (Lipinski definition) is 0. The summed E-state index contributed by atoms with van der Waals surface area (Å²) in [4.78, 5) is 0. The lowest BCUT2D eigenvalue weighted by Crippen LogP contribution is -2.43. The predicted octanol–water partition coefficient (Wildman–Crippen LogP) is 6.72. The van der Waals surface area contributed by atoms with Crippen molar-refractivity contribution in [2.75, 3.05) is 0 Å². The summed E-state index contributed by atoms with van der Waals surface area (Å²) in [5.41, 5.74) is 0.966. The van der Waals surface area contributed by atoms with E-state index >= 15 is 4.57 Å². The summed E-state index contributed by atoms with van der Waals surface area (Å²) in [5, 5.41) is 1.68. The van der Waals surface area contributed by atoms with E-state index in [4.69, 9.17) is 4.43 Å². The molecule has 0 spiro atoms. The van der Waals surface area contributed by atoms with E-state index in [1.54, 1.807) is 0 Å². The van der Waals surface area contributed by atoms with Gasteiger partial charge >= 0.3 is 0 Å². The van der Waals surface area contributed by atoms with E-state index < -0.39 is 21.3 Å². The van der Waals surface area contributed by atoms with E-state index in [2.05, 4.69) is 33.9 Å². The normalized spacial score (nSPS) is 13.8. The Morgan fingerprint density at radius 2 is 1.10 bits per heavy atom. The molecule has 29 heavy (non-hydrogen) atoms. The van der Waals surface area contributed by atoms with Gasteiger partial charge in [0.05, 0.1) is 0 Å². The molecule has 3 aromatic rings. The van der Waals surface area contributed by atoms with Crippen LogP contribution in [-0.2, 0) is 8.99 Å². The molecule has 0 bridgehead atoms. The number of hydrogen-bond acceptors (Lipinski definition) is 2. The second kappa shape index (κ2) is 8.43. The first-order valence-corrected chi connectivity index (χ1v) is 14.8. The van der Waals surface area contributed by atoms with E-state index in [0.717, 1.165) is 16.2 Å². The fraction of sp³-hybridized carbons (Fsp3) is 0.280. The molecule has 0 saturated carbocycles. The topological polar surface area (TPSA) is 26.3 Å². The first-order valence-electron chi connectivity index (χ1n) is 10.1. The fourth-order valence-electron chi connectivity index (χ4n) is 3.14. The quantitative estimate of drug-likeness (QED) is 0.325. The smallest absolute Gasteiger partial charge is 0.193 e. The van der Waals surface area contributed by atoms with Crippen LogP contribution in [0.25, 0.3) is 0 Å². The van der Waals surface area contributed by atoms with Crippen molar-refractivity contribution < 1.29 is 8.99 Å². The van der Waals surface area contributed by atoms with Crippen molar-refractivity contribution >= 4 is 26.1 Å². The highest BCUT2D eigenvalue weighted by molar-refractivity contribution is 7.78. The summed E-state index contributed by atoms with van der Waals surface area (Å²) in [6.45, 7) is 11.1. The summed E-state index contributed by atoms with van der Waals surface area (Å²) >= 11 is 0. The van der Waals surface area contributed by atoms with Crippen molar-refractivity contribution in [3.8, 4) is 0 Å². The van der Waals surface area contributed by atoms with Crippen molar-refractivity contribution in [3.05, 3.63) is 96.6 Å². The number of rotatable bonds is 6. The van der Waals surface area contributed by atoms with Gasteiger partial charge < -0.3 is 8.99 Å². The van der Waals surface area contributed by atoms with Crippen molar-refractivity contribution in [3.63, 3.8) is 0 Å². The van der Waals surface area contributed by atoms with Gasteiger partial charge in [0.2, 0.25) is 0 Å². The van der Waals surface area contributed by atoms with Crippen LogP contribution in [0.2, 0.25) is 18.1 Å². The molecule has 152 valence electrons. The summed E-state index contributed by atoms with van der Waals surface area (Å²) in [5.74, 6) is -0.519. The SMILES string of the molecule is CC(C)(C)[Si](C)(C)O[C@H](c1ccccc1)P(=O)(c1ccccc1)c1ccccc1. The van der Waals surface area contributed by atoms with Crippen LogP contribution in [0.1, 0.15) is 32.2 Å². The van der Waals surface area contributed by atoms with Crippen LogP contribution in [0.4, 0.5) is 0 Å². The first-order chi connectivity index (χ1) is 13.7. The summed E-state index contributed by atoms with van der Waals surface area (Å²) < 4.78 is 22.0. The zero-order valence-corrected chi connectivity index (χ0v) is 19.9. The van der Waals surface area contributed by atoms with Crippen LogP contribution >= 0.6 is 7.14 Å². The van der Waals surface area contributed by atoms with Gasteiger partial charge in [-0.15, -0.1) is 0 Å². The van der Waals surface area contributed by atoms with Crippen LogP contribution < -0.4 is 10.6 Å². The molecule has 3 rings (SSSR count). The van der Waals surface area contributed by atoms with E-state index in [1.165, 1.54) is 0 Å². The van der Waals surface area contributed by atoms with E-state index in [9.17, 15) is 0 Å². The molecule has 0 aliphatic carbocycles.